The number of hydrogen-bond acceptors (Lipinski definition) is 3. The number of fused-ring (bicyclic) bond motifs is 2. The van der Waals surface area contributed by atoms with Crippen molar-refractivity contribution >= 4 is 11.4 Å². The lowest BCUT2D eigenvalue weighted by atomic mass is 9.84. The molecule has 2 bridgehead atoms. The summed E-state index contributed by atoms with van der Waals surface area (Å²) in [5.41, 5.74) is -0.737. The predicted molar refractivity (Wildman–Crippen MR) is 75.0 cm³/mol. The molecule has 1 aromatic rings. The van der Waals surface area contributed by atoms with Crippen LogP contribution in [0.3, 0.4) is 0 Å². The maximum Gasteiger partial charge on any atom is 0.327 e. The van der Waals surface area contributed by atoms with Crippen LogP contribution in [0, 0.1) is 39.5 Å². The molecule has 2 fully saturated rings. The van der Waals surface area contributed by atoms with Crippen molar-refractivity contribution in [3.63, 3.8) is 0 Å². The van der Waals surface area contributed by atoms with E-state index < -0.39 is 22.2 Å². The van der Waals surface area contributed by atoms with E-state index in [0.717, 1.165) is 18.4 Å². The molecule has 2 saturated carbocycles. The normalized spacial score (nSPS) is 28.6. The smallest absolute Gasteiger partial charge is 0.327 e. The molecular formula is C15H18F2N2O2. The summed E-state index contributed by atoms with van der Waals surface area (Å²) in [5, 5.41) is 14.0. The number of nitro groups is 1. The highest BCUT2D eigenvalue weighted by Gasteiger charge is 2.42. The predicted octanol–water partition coefficient (Wildman–Crippen LogP) is 4.11. The molecule has 3 rings (SSSR count). The zero-order chi connectivity index (χ0) is 15.1. The Labute approximate surface area is 121 Å². The van der Waals surface area contributed by atoms with Gasteiger partial charge in [0.1, 0.15) is 11.5 Å². The van der Waals surface area contributed by atoms with Gasteiger partial charge in [-0.1, -0.05) is 6.42 Å². The number of hydrogen-bond donors (Lipinski definition) is 1. The van der Waals surface area contributed by atoms with Gasteiger partial charge in [0.2, 0.25) is 5.82 Å². The average molecular weight is 296 g/mol. The average Bonchev–Trinajstić information content (AvgIpc) is 2.99. The maximum absolute atomic E-state index is 13.6. The SMILES string of the molecule is CC(Nc1cc(F)cc(F)c1[N+](=O)[O-])C1CC2CCC1C2. The van der Waals surface area contributed by atoms with Gasteiger partial charge >= 0.3 is 5.69 Å². The van der Waals surface area contributed by atoms with Crippen molar-refractivity contribution in [2.45, 2.75) is 38.6 Å². The molecule has 0 spiro atoms. The van der Waals surface area contributed by atoms with E-state index in [-0.39, 0.29) is 11.7 Å². The molecule has 6 heteroatoms. The third-order valence-corrected chi connectivity index (χ3v) is 5.03. The number of nitrogens with one attached hydrogen (secondary N) is 1. The van der Waals surface area contributed by atoms with Crippen LogP contribution in [0.15, 0.2) is 12.1 Å². The fourth-order valence-electron chi connectivity index (χ4n) is 4.12. The van der Waals surface area contributed by atoms with Gasteiger partial charge in [0, 0.05) is 18.2 Å². The van der Waals surface area contributed by atoms with Gasteiger partial charge in [-0.15, -0.1) is 0 Å². The first-order valence-corrected chi connectivity index (χ1v) is 7.35. The van der Waals surface area contributed by atoms with Crippen molar-refractivity contribution < 1.29 is 13.7 Å². The minimum Gasteiger partial charge on any atom is -0.377 e. The van der Waals surface area contributed by atoms with Gasteiger partial charge in [-0.05, 0) is 43.9 Å². The molecule has 4 unspecified atom stereocenters. The molecule has 1 aromatic carbocycles. The molecule has 2 aliphatic rings. The van der Waals surface area contributed by atoms with Crippen LogP contribution < -0.4 is 5.32 Å². The molecule has 0 radical (unpaired) electrons. The van der Waals surface area contributed by atoms with Crippen molar-refractivity contribution in [1.82, 2.24) is 0 Å². The fraction of sp³-hybridized carbons (Fsp3) is 0.600. The Bertz CT molecular complexity index is 579. The zero-order valence-corrected chi connectivity index (χ0v) is 11.8. The lowest BCUT2D eigenvalue weighted by Gasteiger charge is -2.29. The van der Waals surface area contributed by atoms with Crippen molar-refractivity contribution in [2.24, 2.45) is 17.8 Å². The first-order valence-electron chi connectivity index (χ1n) is 7.35. The molecule has 0 amide bonds. The van der Waals surface area contributed by atoms with Crippen LogP contribution in [0.5, 0.6) is 0 Å². The summed E-state index contributed by atoms with van der Waals surface area (Å²) in [7, 11) is 0. The minimum absolute atomic E-state index is 0.0276. The number of nitro benzene ring substituents is 1. The largest absolute Gasteiger partial charge is 0.377 e. The van der Waals surface area contributed by atoms with E-state index in [1.807, 2.05) is 6.92 Å². The molecular weight excluding hydrogens is 278 g/mol. The topological polar surface area (TPSA) is 55.2 Å². The Morgan fingerprint density at radius 1 is 1.33 bits per heavy atom. The highest BCUT2D eigenvalue weighted by atomic mass is 19.1. The Balaban J connectivity index is 1.82. The van der Waals surface area contributed by atoms with Gasteiger partial charge in [0.05, 0.1) is 4.92 Å². The number of anilines is 1. The molecule has 4 nitrogen and oxygen atoms in total. The number of nitrogens with zero attached hydrogens (tertiary/aromatic N) is 1. The van der Waals surface area contributed by atoms with Crippen LogP contribution in [0.2, 0.25) is 0 Å². The van der Waals surface area contributed by atoms with Crippen LogP contribution in [0.1, 0.15) is 32.6 Å². The van der Waals surface area contributed by atoms with Gasteiger partial charge in [-0.25, -0.2) is 4.39 Å². The second kappa shape index (κ2) is 5.24. The summed E-state index contributed by atoms with van der Waals surface area (Å²) >= 11 is 0. The number of halogens is 2. The van der Waals surface area contributed by atoms with Crippen LogP contribution in [-0.4, -0.2) is 11.0 Å². The van der Waals surface area contributed by atoms with E-state index in [1.54, 1.807) is 0 Å². The van der Waals surface area contributed by atoms with Crippen molar-refractivity contribution in [3.05, 3.63) is 33.9 Å². The lowest BCUT2D eigenvalue weighted by Crippen LogP contribution is -2.30. The van der Waals surface area contributed by atoms with Crippen molar-refractivity contribution in [1.29, 1.82) is 0 Å². The Morgan fingerprint density at radius 2 is 2.10 bits per heavy atom. The van der Waals surface area contributed by atoms with E-state index in [4.69, 9.17) is 0 Å². The third-order valence-electron chi connectivity index (χ3n) is 5.03. The van der Waals surface area contributed by atoms with Gasteiger partial charge < -0.3 is 5.32 Å². The van der Waals surface area contributed by atoms with Gasteiger partial charge in [-0.2, -0.15) is 4.39 Å². The highest BCUT2D eigenvalue weighted by molar-refractivity contribution is 5.62. The van der Waals surface area contributed by atoms with E-state index in [2.05, 4.69) is 5.32 Å². The summed E-state index contributed by atoms with van der Waals surface area (Å²) in [6, 6.07) is 1.52. The Kier molecular flexibility index (Phi) is 3.55. The summed E-state index contributed by atoms with van der Waals surface area (Å²) < 4.78 is 27.0. The molecule has 1 N–H and O–H groups in total. The Morgan fingerprint density at radius 3 is 2.67 bits per heavy atom. The van der Waals surface area contributed by atoms with Crippen molar-refractivity contribution in [3.8, 4) is 0 Å². The Hall–Kier alpha value is -1.72. The molecule has 114 valence electrons. The standard InChI is InChI=1S/C15H18F2N2O2/c1-8(12-5-9-2-3-10(12)4-9)18-14-7-11(16)6-13(17)15(14)19(20)21/h6-10,12,18H,2-5H2,1H3. The molecule has 21 heavy (non-hydrogen) atoms. The molecule has 0 aliphatic heterocycles. The van der Waals surface area contributed by atoms with Crippen LogP contribution in [-0.2, 0) is 0 Å². The van der Waals surface area contributed by atoms with E-state index >= 15 is 0 Å². The lowest BCUT2D eigenvalue weighted by molar-refractivity contribution is -0.386. The van der Waals surface area contributed by atoms with Crippen LogP contribution in [0.25, 0.3) is 0 Å². The molecule has 4 atom stereocenters. The second-order valence-corrected chi connectivity index (χ2v) is 6.31. The molecule has 0 saturated heterocycles. The summed E-state index contributed by atoms with van der Waals surface area (Å²) in [4.78, 5) is 10.2. The summed E-state index contributed by atoms with van der Waals surface area (Å²) in [6.07, 6.45) is 4.78. The van der Waals surface area contributed by atoms with Crippen LogP contribution in [0.4, 0.5) is 20.2 Å². The third kappa shape index (κ3) is 2.59. The molecule has 0 aromatic heterocycles. The van der Waals surface area contributed by atoms with Gasteiger partial charge in [0.15, 0.2) is 0 Å². The minimum atomic E-state index is -1.14. The highest BCUT2D eigenvalue weighted by Crippen LogP contribution is 2.50. The summed E-state index contributed by atoms with van der Waals surface area (Å²) in [6.45, 7) is 1.94. The maximum atomic E-state index is 13.6. The zero-order valence-electron chi connectivity index (χ0n) is 11.8. The fourth-order valence-corrected chi connectivity index (χ4v) is 4.12. The van der Waals surface area contributed by atoms with Gasteiger partial charge in [0.25, 0.3) is 0 Å². The van der Waals surface area contributed by atoms with E-state index in [9.17, 15) is 18.9 Å². The molecule has 0 heterocycles. The first-order chi connectivity index (χ1) is 9.95. The second-order valence-electron chi connectivity index (χ2n) is 6.31. The monoisotopic (exact) mass is 296 g/mol. The van der Waals surface area contributed by atoms with E-state index in [0.29, 0.717) is 17.9 Å². The molecule has 2 aliphatic carbocycles. The van der Waals surface area contributed by atoms with Crippen molar-refractivity contribution in [2.75, 3.05) is 5.32 Å². The quantitative estimate of drug-likeness (QED) is 0.672. The van der Waals surface area contributed by atoms with E-state index in [1.165, 1.54) is 19.3 Å². The number of benzene rings is 1. The number of rotatable bonds is 4. The van der Waals surface area contributed by atoms with Crippen LogP contribution >= 0.6 is 0 Å². The summed E-state index contributed by atoms with van der Waals surface area (Å²) in [5.74, 6) is -0.128. The van der Waals surface area contributed by atoms with Gasteiger partial charge in [-0.3, -0.25) is 10.1 Å². The first kappa shape index (κ1) is 14.2.